The zero-order valence-corrected chi connectivity index (χ0v) is 22.8. The van der Waals surface area contributed by atoms with Gasteiger partial charge in [-0.05, 0) is 56.5 Å². The molecule has 3 fully saturated rings. The fraction of sp³-hybridized carbons (Fsp3) is 0.840. The zero-order chi connectivity index (χ0) is 25.4. The van der Waals surface area contributed by atoms with Gasteiger partial charge in [-0.1, -0.05) is 19.8 Å². The standard InChI is InChI=1S/C25H40N2O6S2/c1-4-5-6-8-18(32-17(2)28)12-13-27-24(30)26-20-15-19(35-14-7-9-22(29)31-3)16-25(20,27)21-10-11-23(34)33-21/h18-21H,4-16H2,1-3H3,(H,26,30)/t18?,19-,20+,21?,25+/m0/s1. The van der Waals surface area contributed by atoms with E-state index in [4.69, 9.17) is 26.4 Å². The SMILES string of the molecule is CCCCCC(CCN1C(=O)N[C@@H]2C[C@H](SCCCC(=O)OC)C[C@]21C1CCC(=S)O1)OC(C)=O. The van der Waals surface area contributed by atoms with Crippen LogP contribution in [0.5, 0.6) is 0 Å². The summed E-state index contributed by atoms with van der Waals surface area (Å²) in [6.45, 7) is 4.10. The molecule has 0 radical (unpaired) electrons. The fourth-order valence-electron chi connectivity index (χ4n) is 5.76. The number of nitrogens with zero attached hydrogens (tertiary/aromatic N) is 1. The molecule has 1 N–H and O–H groups in total. The number of methoxy groups -OCH3 is 1. The molecular formula is C25H40N2O6S2. The van der Waals surface area contributed by atoms with Crippen LogP contribution >= 0.6 is 24.0 Å². The number of esters is 2. The minimum Gasteiger partial charge on any atom is -0.481 e. The molecule has 0 bridgehead atoms. The Bertz CT molecular complexity index is 781. The van der Waals surface area contributed by atoms with Crippen molar-refractivity contribution in [2.75, 3.05) is 19.4 Å². The molecule has 0 spiro atoms. The molecule has 2 amide bonds. The quantitative estimate of drug-likeness (QED) is 0.202. The molecule has 10 heteroatoms. The first-order valence-corrected chi connectivity index (χ1v) is 14.4. The van der Waals surface area contributed by atoms with E-state index in [1.807, 2.05) is 16.7 Å². The third-order valence-corrected chi connectivity index (χ3v) is 9.04. The highest BCUT2D eigenvalue weighted by molar-refractivity contribution is 7.99. The molecule has 3 aliphatic rings. The van der Waals surface area contributed by atoms with Crippen LogP contribution in [0.4, 0.5) is 4.79 Å². The summed E-state index contributed by atoms with van der Waals surface area (Å²) >= 11 is 7.23. The maximum absolute atomic E-state index is 13.2. The van der Waals surface area contributed by atoms with Crippen molar-refractivity contribution in [3.63, 3.8) is 0 Å². The van der Waals surface area contributed by atoms with Crippen molar-refractivity contribution in [2.24, 2.45) is 0 Å². The number of carbonyl (C=O) groups excluding carboxylic acids is 3. The van der Waals surface area contributed by atoms with Gasteiger partial charge in [-0.2, -0.15) is 11.8 Å². The third-order valence-electron chi connectivity index (χ3n) is 7.39. The minimum atomic E-state index is -0.456. The highest BCUT2D eigenvalue weighted by Gasteiger charge is 2.63. The lowest BCUT2D eigenvalue weighted by Gasteiger charge is -2.41. The molecule has 2 aliphatic heterocycles. The molecule has 35 heavy (non-hydrogen) atoms. The molecule has 0 aromatic rings. The Kier molecular flexibility index (Phi) is 10.5. The Morgan fingerprint density at radius 2 is 2.11 bits per heavy atom. The second-order valence-electron chi connectivity index (χ2n) is 9.79. The normalized spacial score (nSPS) is 28.4. The van der Waals surface area contributed by atoms with Crippen molar-refractivity contribution in [3.8, 4) is 0 Å². The Morgan fingerprint density at radius 1 is 1.31 bits per heavy atom. The summed E-state index contributed by atoms with van der Waals surface area (Å²) in [5.41, 5.74) is -0.456. The molecule has 8 nitrogen and oxygen atoms in total. The van der Waals surface area contributed by atoms with Gasteiger partial charge in [0, 0.05) is 38.0 Å². The van der Waals surface area contributed by atoms with Crippen molar-refractivity contribution in [3.05, 3.63) is 0 Å². The number of rotatable bonds is 14. The van der Waals surface area contributed by atoms with Crippen LogP contribution in [0.15, 0.2) is 0 Å². The van der Waals surface area contributed by atoms with Gasteiger partial charge in [-0.3, -0.25) is 9.59 Å². The molecule has 2 heterocycles. The van der Waals surface area contributed by atoms with Crippen molar-refractivity contribution in [1.82, 2.24) is 10.2 Å². The van der Waals surface area contributed by atoms with Crippen LogP contribution in [-0.4, -0.2) is 76.4 Å². The van der Waals surface area contributed by atoms with Crippen LogP contribution in [0, 0.1) is 0 Å². The lowest BCUT2D eigenvalue weighted by molar-refractivity contribution is -0.147. The summed E-state index contributed by atoms with van der Waals surface area (Å²) in [6.07, 6.45) is 8.70. The molecule has 1 saturated carbocycles. The van der Waals surface area contributed by atoms with Crippen LogP contribution in [0.3, 0.4) is 0 Å². The number of ether oxygens (including phenoxy) is 3. The fourth-order valence-corrected chi connectivity index (χ4v) is 7.35. The first kappa shape index (κ1) is 28.0. The molecular weight excluding hydrogens is 488 g/mol. The van der Waals surface area contributed by atoms with Crippen molar-refractivity contribution < 1.29 is 28.6 Å². The predicted molar refractivity (Wildman–Crippen MR) is 140 cm³/mol. The third kappa shape index (κ3) is 7.02. The van der Waals surface area contributed by atoms with Gasteiger partial charge >= 0.3 is 18.0 Å². The van der Waals surface area contributed by atoms with E-state index in [2.05, 4.69) is 12.2 Å². The lowest BCUT2D eigenvalue weighted by Crippen LogP contribution is -2.57. The Hall–Kier alpha value is -1.55. The van der Waals surface area contributed by atoms with Gasteiger partial charge in [-0.25, -0.2) is 4.79 Å². The number of fused-ring (bicyclic) bond motifs is 1. The van der Waals surface area contributed by atoms with E-state index in [0.29, 0.717) is 29.7 Å². The van der Waals surface area contributed by atoms with Gasteiger partial charge in [0.2, 0.25) is 0 Å². The maximum atomic E-state index is 13.2. The van der Waals surface area contributed by atoms with E-state index in [9.17, 15) is 14.4 Å². The maximum Gasteiger partial charge on any atom is 0.318 e. The molecule has 198 valence electrons. The number of nitrogens with one attached hydrogen (secondary N) is 1. The average molecular weight is 529 g/mol. The van der Waals surface area contributed by atoms with Crippen LogP contribution in [-0.2, 0) is 23.8 Å². The van der Waals surface area contributed by atoms with Crippen LogP contribution < -0.4 is 5.32 Å². The number of amides is 2. The second-order valence-corrected chi connectivity index (χ2v) is 11.7. The molecule has 2 unspecified atom stereocenters. The van der Waals surface area contributed by atoms with Crippen LogP contribution in [0.25, 0.3) is 0 Å². The number of unbranched alkanes of at least 4 members (excludes halogenated alkanes) is 2. The van der Waals surface area contributed by atoms with Gasteiger partial charge in [0.1, 0.15) is 17.7 Å². The second kappa shape index (κ2) is 13.1. The molecule has 0 aromatic heterocycles. The summed E-state index contributed by atoms with van der Waals surface area (Å²) in [6, 6.07) is -0.0769. The number of hydrogen-bond acceptors (Lipinski definition) is 8. The van der Waals surface area contributed by atoms with Gasteiger partial charge < -0.3 is 24.4 Å². The summed E-state index contributed by atoms with van der Waals surface area (Å²) in [5.74, 6) is 0.406. The van der Waals surface area contributed by atoms with E-state index in [0.717, 1.165) is 63.5 Å². The van der Waals surface area contributed by atoms with Crippen molar-refractivity contribution >= 4 is 47.0 Å². The topological polar surface area (TPSA) is 94.2 Å². The molecule has 0 aromatic carbocycles. The van der Waals surface area contributed by atoms with E-state index in [-0.39, 0.29) is 36.2 Å². The van der Waals surface area contributed by atoms with Gasteiger partial charge in [-0.15, -0.1) is 0 Å². The largest absolute Gasteiger partial charge is 0.481 e. The summed E-state index contributed by atoms with van der Waals surface area (Å²) in [5, 5.41) is 4.20. The number of urea groups is 1. The number of thiocarbonyl (C=S) groups is 1. The van der Waals surface area contributed by atoms with E-state index >= 15 is 0 Å². The first-order chi connectivity index (χ1) is 16.8. The Labute approximate surface area is 218 Å². The molecule has 3 rings (SSSR count). The van der Waals surface area contributed by atoms with Gasteiger partial charge in [0.15, 0.2) is 5.05 Å². The number of hydrogen-bond donors (Lipinski definition) is 1. The van der Waals surface area contributed by atoms with E-state index < -0.39 is 5.54 Å². The summed E-state index contributed by atoms with van der Waals surface area (Å²) < 4.78 is 16.5. The highest BCUT2D eigenvalue weighted by atomic mass is 32.2. The monoisotopic (exact) mass is 528 g/mol. The Balaban J connectivity index is 1.69. The average Bonchev–Trinajstić information content (AvgIpc) is 3.46. The Morgan fingerprint density at radius 3 is 2.77 bits per heavy atom. The van der Waals surface area contributed by atoms with Crippen molar-refractivity contribution in [2.45, 2.75) is 114 Å². The number of thioether (sulfide) groups is 1. The van der Waals surface area contributed by atoms with Crippen LogP contribution in [0.2, 0.25) is 0 Å². The van der Waals surface area contributed by atoms with E-state index in [1.165, 1.54) is 14.0 Å². The molecule has 2 saturated heterocycles. The van der Waals surface area contributed by atoms with E-state index in [1.54, 1.807) is 0 Å². The minimum absolute atomic E-state index is 0.00808. The number of carbonyl (C=O) groups is 3. The smallest absolute Gasteiger partial charge is 0.318 e. The first-order valence-electron chi connectivity index (χ1n) is 12.9. The summed E-state index contributed by atoms with van der Waals surface area (Å²) in [7, 11) is 1.41. The van der Waals surface area contributed by atoms with Gasteiger partial charge in [0.05, 0.1) is 13.2 Å². The lowest BCUT2D eigenvalue weighted by atomic mass is 9.84. The summed E-state index contributed by atoms with van der Waals surface area (Å²) in [4.78, 5) is 38.2. The zero-order valence-electron chi connectivity index (χ0n) is 21.2. The van der Waals surface area contributed by atoms with Crippen LogP contribution in [0.1, 0.15) is 84.5 Å². The predicted octanol–water partition coefficient (Wildman–Crippen LogP) is 4.38. The molecule has 5 atom stereocenters. The molecule has 1 aliphatic carbocycles. The van der Waals surface area contributed by atoms with Crippen molar-refractivity contribution in [1.29, 1.82) is 0 Å². The highest BCUT2D eigenvalue weighted by Crippen LogP contribution is 2.49. The van der Waals surface area contributed by atoms with Gasteiger partial charge in [0.25, 0.3) is 0 Å².